The minimum absolute atomic E-state index is 0.156. The number of aliphatic hydroxyl groups is 1. The molecule has 0 radical (unpaired) electrons. The molecule has 1 aromatic carbocycles. The number of piperidine rings is 1. The number of carbonyl (C=O) groups is 2. The molecule has 1 saturated heterocycles. The van der Waals surface area contributed by atoms with Crippen LogP contribution in [0.1, 0.15) is 55.2 Å². The Hall–Kier alpha value is -2.87. The Morgan fingerprint density at radius 2 is 1.88 bits per heavy atom. The zero-order valence-corrected chi connectivity index (χ0v) is 14.5. The van der Waals surface area contributed by atoms with Crippen molar-refractivity contribution in [3.8, 4) is 11.8 Å². The fourth-order valence-electron chi connectivity index (χ4n) is 3.24. The summed E-state index contributed by atoms with van der Waals surface area (Å²) in [6, 6.07) is 5.45. The van der Waals surface area contributed by atoms with Crippen LogP contribution in [0.3, 0.4) is 0 Å². The van der Waals surface area contributed by atoms with Crippen molar-refractivity contribution >= 4 is 23.5 Å². The van der Waals surface area contributed by atoms with Gasteiger partial charge in [-0.15, -0.1) is 0 Å². The number of hydrogen-bond acceptors (Lipinski definition) is 5. The van der Waals surface area contributed by atoms with Gasteiger partial charge in [-0.05, 0) is 30.9 Å². The zero-order chi connectivity index (χ0) is 18.5. The Bertz CT molecular complexity index is 827. The minimum atomic E-state index is -0.293. The van der Waals surface area contributed by atoms with Crippen molar-refractivity contribution in [1.29, 1.82) is 0 Å². The van der Waals surface area contributed by atoms with E-state index in [-0.39, 0.29) is 30.7 Å². The smallest absolute Gasteiger partial charge is 0.248 e. The Balaban J connectivity index is 1.89. The molecular weight excluding hydrogens is 332 g/mol. The van der Waals surface area contributed by atoms with Gasteiger partial charge < -0.3 is 5.11 Å². The van der Waals surface area contributed by atoms with Gasteiger partial charge in [0.05, 0.1) is 6.54 Å². The third kappa shape index (κ3) is 3.41. The summed E-state index contributed by atoms with van der Waals surface area (Å²) in [5, 5.41) is 11.3. The van der Waals surface area contributed by atoms with E-state index in [4.69, 9.17) is 5.11 Å². The van der Waals surface area contributed by atoms with E-state index in [2.05, 4.69) is 11.8 Å². The molecule has 0 saturated carbocycles. The van der Waals surface area contributed by atoms with Gasteiger partial charge in [0.15, 0.2) is 5.94 Å². The van der Waals surface area contributed by atoms with Crippen molar-refractivity contribution in [2.45, 2.75) is 45.1 Å². The number of unbranched alkanes of at least 4 members (excludes halogenated alkanes) is 2. The van der Waals surface area contributed by atoms with Crippen molar-refractivity contribution in [3.63, 3.8) is 0 Å². The summed E-state index contributed by atoms with van der Waals surface area (Å²) in [5.41, 5.74) is 2.46. The van der Waals surface area contributed by atoms with Gasteiger partial charge in [-0.25, -0.2) is 4.79 Å². The molecular formula is C20H20N2O4. The average molecular weight is 352 g/mol. The largest absolute Gasteiger partial charge is 0.396 e. The normalized spacial score (nSPS) is 16.3. The maximum atomic E-state index is 12.2. The Morgan fingerprint density at radius 3 is 2.58 bits per heavy atom. The molecule has 26 heavy (non-hydrogen) atoms. The molecule has 3 rings (SSSR count). The van der Waals surface area contributed by atoms with Gasteiger partial charge in [0.25, 0.3) is 0 Å². The van der Waals surface area contributed by atoms with Crippen molar-refractivity contribution in [2.75, 3.05) is 6.61 Å². The second kappa shape index (κ2) is 8.01. The van der Waals surface area contributed by atoms with Crippen LogP contribution in [0.5, 0.6) is 0 Å². The van der Waals surface area contributed by atoms with Gasteiger partial charge in [-0.2, -0.15) is 5.01 Å². The van der Waals surface area contributed by atoms with Crippen molar-refractivity contribution in [2.24, 2.45) is 0 Å². The predicted molar refractivity (Wildman–Crippen MR) is 94.6 cm³/mol. The number of nitrogens with zero attached hydrogens (tertiary/aromatic N) is 2. The van der Waals surface area contributed by atoms with E-state index < -0.39 is 0 Å². The van der Waals surface area contributed by atoms with Gasteiger partial charge in [-0.3, -0.25) is 14.6 Å². The van der Waals surface area contributed by atoms with Gasteiger partial charge in [-0.1, -0.05) is 24.0 Å². The molecule has 6 heteroatoms. The highest BCUT2D eigenvalue weighted by atomic mass is 16.3. The van der Waals surface area contributed by atoms with E-state index in [0.29, 0.717) is 37.7 Å². The van der Waals surface area contributed by atoms with Crippen LogP contribution in [0.2, 0.25) is 0 Å². The van der Waals surface area contributed by atoms with E-state index >= 15 is 0 Å². The second-order valence-electron chi connectivity index (χ2n) is 6.28. The van der Waals surface area contributed by atoms with Gasteiger partial charge in [0, 0.05) is 37.0 Å². The molecule has 134 valence electrons. The zero-order valence-electron chi connectivity index (χ0n) is 14.5. The first kappa shape index (κ1) is 17.9. The molecule has 2 amide bonds. The number of amides is 2. The first-order valence-corrected chi connectivity index (χ1v) is 8.77. The molecule has 2 aliphatic heterocycles. The van der Waals surface area contributed by atoms with E-state index in [1.807, 2.05) is 12.0 Å². The summed E-state index contributed by atoms with van der Waals surface area (Å²) in [6.07, 6.45) is 3.34. The highest BCUT2D eigenvalue weighted by Gasteiger charge is 2.38. The molecule has 0 spiro atoms. The van der Waals surface area contributed by atoms with Gasteiger partial charge in [0.1, 0.15) is 5.70 Å². The average Bonchev–Trinajstić information content (AvgIpc) is 3.00. The lowest BCUT2D eigenvalue weighted by Crippen LogP contribution is -2.49. The number of benzene rings is 1. The van der Waals surface area contributed by atoms with Crippen LogP contribution in [-0.4, -0.2) is 39.5 Å². The van der Waals surface area contributed by atoms with Crippen LogP contribution in [0.25, 0.3) is 5.70 Å². The molecule has 1 fully saturated rings. The highest BCUT2D eigenvalue weighted by Crippen LogP contribution is 2.35. The molecule has 1 aromatic rings. The van der Waals surface area contributed by atoms with Gasteiger partial charge >= 0.3 is 0 Å². The predicted octanol–water partition coefficient (Wildman–Crippen LogP) is 1.64. The van der Waals surface area contributed by atoms with Crippen molar-refractivity contribution in [3.05, 3.63) is 34.9 Å². The third-order valence-corrected chi connectivity index (χ3v) is 4.52. The fourth-order valence-corrected chi connectivity index (χ4v) is 3.24. The first-order chi connectivity index (χ1) is 12.7. The standard InChI is InChI=1S/C20H20N2O4/c23-12-4-2-1-3-7-15-8-5-9-16-17(15)13-21(18(16)14-24)22-19(25)10-6-11-20(22)26/h5,8-9,23H,1-2,4,6,10-13H2. The molecule has 2 heterocycles. The topological polar surface area (TPSA) is 77.9 Å². The number of hydrogen-bond donors (Lipinski definition) is 1. The van der Waals surface area contributed by atoms with E-state index in [1.165, 1.54) is 5.01 Å². The Labute approximate surface area is 152 Å². The lowest BCUT2D eigenvalue weighted by Gasteiger charge is -2.33. The lowest BCUT2D eigenvalue weighted by molar-refractivity contribution is -0.162. The first-order valence-electron chi connectivity index (χ1n) is 8.77. The molecule has 0 aliphatic carbocycles. The molecule has 0 atom stereocenters. The highest BCUT2D eigenvalue weighted by molar-refractivity contribution is 6.00. The summed E-state index contributed by atoms with van der Waals surface area (Å²) in [5.74, 6) is 7.48. The van der Waals surface area contributed by atoms with E-state index in [9.17, 15) is 14.4 Å². The molecule has 0 unspecified atom stereocenters. The molecule has 6 nitrogen and oxygen atoms in total. The summed E-state index contributed by atoms with van der Waals surface area (Å²) in [6.45, 7) is 0.404. The second-order valence-corrected chi connectivity index (χ2v) is 6.28. The summed E-state index contributed by atoms with van der Waals surface area (Å²) in [4.78, 5) is 36.0. The number of fused-ring (bicyclic) bond motifs is 1. The van der Waals surface area contributed by atoms with Crippen LogP contribution in [0.4, 0.5) is 0 Å². The minimum Gasteiger partial charge on any atom is -0.396 e. The summed E-state index contributed by atoms with van der Waals surface area (Å²) >= 11 is 0. The SMILES string of the molecule is O=C=C1c2cccc(C#CCCCCO)c2CN1N1C(=O)CCCC1=O. The summed E-state index contributed by atoms with van der Waals surface area (Å²) < 4.78 is 0. The maximum Gasteiger partial charge on any atom is 0.248 e. The van der Waals surface area contributed by atoms with Crippen LogP contribution in [0, 0.1) is 11.8 Å². The quantitative estimate of drug-likeness (QED) is 0.386. The molecule has 2 aliphatic rings. The van der Waals surface area contributed by atoms with Crippen molar-refractivity contribution < 1.29 is 19.5 Å². The van der Waals surface area contributed by atoms with Crippen LogP contribution < -0.4 is 0 Å². The van der Waals surface area contributed by atoms with Crippen LogP contribution in [0.15, 0.2) is 18.2 Å². The molecule has 1 N–H and O–H groups in total. The van der Waals surface area contributed by atoms with Crippen LogP contribution in [-0.2, 0) is 20.9 Å². The molecule has 0 aromatic heterocycles. The Kier molecular flexibility index (Phi) is 5.52. The van der Waals surface area contributed by atoms with Crippen molar-refractivity contribution in [1.82, 2.24) is 10.0 Å². The maximum absolute atomic E-state index is 12.2. The number of rotatable bonds is 4. The number of hydrazine groups is 1. The molecule has 0 bridgehead atoms. The van der Waals surface area contributed by atoms with E-state index in [0.717, 1.165) is 22.6 Å². The monoisotopic (exact) mass is 352 g/mol. The number of carbonyl (C=O) groups excluding carboxylic acids is 3. The Morgan fingerprint density at radius 1 is 1.12 bits per heavy atom. The van der Waals surface area contributed by atoms with Gasteiger partial charge in [0.2, 0.25) is 11.8 Å². The van der Waals surface area contributed by atoms with Crippen LogP contribution >= 0.6 is 0 Å². The number of imide groups is 1. The number of aliphatic hydroxyl groups excluding tert-OH is 1. The summed E-state index contributed by atoms with van der Waals surface area (Å²) in [7, 11) is 0. The van der Waals surface area contributed by atoms with E-state index in [1.54, 1.807) is 12.1 Å². The lowest BCUT2D eigenvalue weighted by atomic mass is 10.0. The fraction of sp³-hybridized carbons (Fsp3) is 0.400. The third-order valence-electron chi connectivity index (χ3n) is 4.52.